The minimum Gasteiger partial charge on any atom is -0.481 e. The van der Waals surface area contributed by atoms with Crippen molar-refractivity contribution in [2.24, 2.45) is 11.7 Å². The van der Waals surface area contributed by atoms with Crippen molar-refractivity contribution < 1.29 is 9.90 Å². The lowest BCUT2D eigenvalue weighted by molar-refractivity contribution is -0.142. The van der Waals surface area contributed by atoms with Gasteiger partial charge in [0.2, 0.25) is 0 Å². The van der Waals surface area contributed by atoms with Crippen LogP contribution < -0.4 is 5.73 Å². The molecule has 3 N–H and O–H groups in total. The van der Waals surface area contributed by atoms with Crippen LogP contribution in [0.2, 0.25) is 0 Å². The van der Waals surface area contributed by atoms with E-state index in [1.54, 1.807) is 0 Å². The predicted octanol–water partition coefficient (Wildman–Crippen LogP) is 0.813. The third-order valence-electron chi connectivity index (χ3n) is 2.85. The lowest BCUT2D eigenvalue weighted by Crippen LogP contribution is -2.41. The number of carboxylic acid groups (broad SMARTS) is 1. The molecule has 2 unspecified atom stereocenters. The first kappa shape index (κ1) is 9.21. The summed E-state index contributed by atoms with van der Waals surface area (Å²) in [5.74, 6) is -1.21. The Labute approximate surface area is 82.5 Å². The number of fused-ring (bicyclic) bond motifs is 1. The minimum absolute atomic E-state index is 0.248. The number of carbonyl (C=O) groups is 1. The van der Waals surface area contributed by atoms with E-state index < -0.39 is 11.9 Å². The summed E-state index contributed by atoms with van der Waals surface area (Å²) in [6, 6.07) is 7.66. The molecule has 2 rings (SSSR count). The highest BCUT2D eigenvalue weighted by Crippen LogP contribution is 2.24. The van der Waals surface area contributed by atoms with Gasteiger partial charge in [0.05, 0.1) is 5.92 Å². The number of aliphatic carboxylic acids is 1. The number of nitrogens with two attached hydrogens (primary N) is 1. The van der Waals surface area contributed by atoms with E-state index in [0.717, 1.165) is 5.56 Å². The molecule has 0 fully saturated rings. The van der Waals surface area contributed by atoms with Crippen LogP contribution in [0.4, 0.5) is 0 Å². The molecule has 0 amide bonds. The Balaban J connectivity index is 2.31. The fourth-order valence-corrected chi connectivity index (χ4v) is 2.01. The van der Waals surface area contributed by atoms with Crippen molar-refractivity contribution in [3.8, 4) is 0 Å². The Morgan fingerprint density at radius 2 is 1.86 bits per heavy atom. The van der Waals surface area contributed by atoms with Crippen molar-refractivity contribution in [1.82, 2.24) is 0 Å². The number of rotatable bonds is 1. The molecule has 74 valence electrons. The third-order valence-corrected chi connectivity index (χ3v) is 2.85. The third kappa shape index (κ3) is 1.51. The highest BCUT2D eigenvalue weighted by atomic mass is 16.4. The highest BCUT2D eigenvalue weighted by Gasteiger charge is 2.30. The molecule has 0 heterocycles. The van der Waals surface area contributed by atoms with E-state index in [0.29, 0.717) is 12.8 Å². The molecule has 1 aliphatic rings. The Bertz CT molecular complexity index is 362. The van der Waals surface area contributed by atoms with Gasteiger partial charge in [-0.05, 0) is 24.0 Å². The molecule has 0 saturated heterocycles. The second-order valence-electron chi connectivity index (χ2n) is 3.79. The minimum atomic E-state index is -0.785. The fourth-order valence-electron chi connectivity index (χ4n) is 2.01. The number of hydrogen-bond acceptors (Lipinski definition) is 2. The smallest absolute Gasteiger partial charge is 0.308 e. The van der Waals surface area contributed by atoms with Crippen LogP contribution in [0.5, 0.6) is 0 Å². The van der Waals surface area contributed by atoms with Crippen LogP contribution in [-0.2, 0) is 17.6 Å². The van der Waals surface area contributed by atoms with Gasteiger partial charge in [0.25, 0.3) is 0 Å². The van der Waals surface area contributed by atoms with Gasteiger partial charge in [-0.3, -0.25) is 4.79 Å². The summed E-state index contributed by atoms with van der Waals surface area (Å²) in [5, 5.41) is 8.95. The summed E-state index contributed by atoms with van der Waals surface area (Å²) >= 11 is 0. The Hall–Kier alpha value is -1.35. The van der Waals surface area contributed by atoms with Gasteiger partial charge in [-0.2, -0.15) is 0 Å². The zero-order chi connectivity index (χ0) is 10.1. The van der Waals surface area contributed by atoms with Crippen LogP contribution in [0.3, 0.4) is 0 Å². The van der Waals surface area contributed by atoms with E-state index >= 15 is 0 Å². The number of hydrogen-bond donors (Lipinski definition) is 2. The van der Waals surface area contributed by atoms with Gasteiger partial charge < -0.3 is 10.8 Å². The summed E-state index contributed by atoms with van der Waals surface area (Å²) in [6.45, 7) is 0. The number of carboxylic acids is 1. The van der Waals surface area contributed by atoms with Crippen molar-refractivity contribution in [2.75, 3.05) is 0 Å². The van der Waals surface area contributed by atoms with Gasteiger partial charge in [0.1, 0.15) is 0 Å². The normalized spacial score (nSPS) is 25.5. The maximum atomic E-state index is 10.9. The van der Waals surface area contributed by atoms with Crippen LogP contribution in [-0.4, -0.2) is 17.1 Å². The van der Waals surface area contributed by atoms with E-state index in [-0.39, 0.29) is 6.04 Å². The monoisotopic (exact) mass is 191 g/mol. The van der Waals surface area contributed by atoms with Crippen molar-refractivity contribution in [3.63, 3.8) is 0 Å². The zero-order valence-electron chi connectivity index (χ0n) is 7.81. The van der Waals surface area contributed by atoms with Crippen LogP contribution >= 0.6 is 0 Å². The molecule has 1 aromatic rings. The van der Waals surface area contributed by atoms with E-state index in [4.69, 9.17) is 10.8 Å². The van der Waals surface area contributed by atoms with Gasteiger partial charge in [0, 0.05) is 6.04 Å². The molecule has 14 heavy (non-hydrogen) atoms. The fraction of sp³-hybridized carbons (Fsp3) is 0.364. The van der Waals surface area contributed by atoms with Gasteiger partial charge in [-0.1, -0.05) is 24.3 Å². The molecule has 0 bridgehead atoms. The van der Waals surface area contributed by atoms with Crippen LogP contribution in [0.15, 0.2) is 24.3 Å². The van der Waals surface area contributed by atoms with Crippen molar-refractivity contribution in [1.29, 1.82) is 0 Å². The highest BCUT2D eigenvalue weighted by molar-refractivity contribution is 5.72. The Morgan fingerprint density at radius 3 is 2.43 bits per heavy atom. The summed E-state index contributed by atoms with van der Waals surface area (Å²) in [5.41, 5.74) is 8.13. The summed E-state index contributed by atoms with van der Waals surface area (Å²) in [7, 11) is 0. The van der Waals surface area contributed by atoms with Gasteiger partial charge in [-0.15, -0.1) is 0 Å². The van der Waals surface area contributed by atoms with Gasteiger partial charge >= 0.3 is 5.97 Å². The molecule has 0 aromatic heterocycles. The molecule has 0 aliphatic heterocycles. The molecule has 2 atom stereocenters. The molecular formula is C11H13NO2. The maximum Gasteiger partial charge on any atom is 0.308 e. The average molecular weight is 191 g/mol. The Kier molecular flexibility index (Phi) is 2.25. The summed E-state index contributed by atoms with van der Waals surface area (Å²) in [4.78, 5) is 10.9. The first-order valence-corrected chi connectivity index (χ1v) is 4.73. The summed E-state index contributed by atoms with van der Waals surface area (Å²) < 4.78 is 0. The summed E-state index contributed by atoms with van der Waals surface area (Å²) in [6.07, 6.45) is 1.24. The molecular weight excluding hydrogens is 178 g/mol. The second-order valence-corrected chi connectivity index (χ2v) is 3.79. The molecule has 1 aliphatic carbocycles. The van der Waals surface area contributed by atoms with Crippen molar-refractivity contribution >= 4 is 5.97 Å². The van der Waals surface area contributed by atoms with Gasteiger partial charge in [0.15, 0.2) is 0 Å². The molecule has 0 spiro atoms. The van der Waals surface area contributed by atoms with E-state index in [9.17, 15) is 4.79 Å². The molecule has 3 nitrogen and oxygen atoms in total. The average Bonchev–Trinajstić information content (AvgIpc) is 2.16. The predicted molar refractivity (Wildman–Crippen MR) is 53.0 cm³/mol. The second kappa shape index (κ2) is 3.42. The lowest BCUT2D eigenvalue weighted by atomic mass is 9.81. The number of benzene rings is 1. The van der Waals surface area contributed by atoms with Gasteiger partial charge in [-0.25, -0.2) is 0 Å². The maximum absolute atomic E-state index is 10.9. The van der Waals surface area contributed by atoms with Crippen molar-refractivity contribution in [2.45, 2.75) is 18.9 Å². The quantitative estimate of drug-likeness (QED) is 0.690. The first-order valence-electron chi connectivity index (χ1n) is 4.73. The molecule has 1 aromatic carbocycles. The zero-order valence-corrected chi connectivity index (χ0v) is 7.81. The van der Waals surface area contributed by atoms with Crippen LogP contribution in [0, 0.1) is 5.92 Å². The van der Waals surface area contributed by atoms with Crippen molar-refractivity contribution in [3.05, 3.63) is 35.4 Å². The topological polar surface area (TPSA) is 63.3 Å². The standard InChI is InChI=1S/C11H13NO2/c12-10-6-8-4-2-1-3-7(8)5-9(10)11(13)14/h1-4,9-10H,5-6,12H2,(H,13,14). The first-order chi connectivity index (χ1) is 6.68. The molecule has 3 heteroatoms. The molecule has 0 saturated carbocycles. The van der Waals surface area contributed by atoms with Crippen LogP contribution in [0.25, 0.3) is 0 Å². The van der Waals surface area contributed by atoms with E-state index in [1.165, 1.54) is 5.56 Å². The lowest BCUT2D eigenvalue weighted by Gasteiger charge is -2.27. The van der Waals surface area contributed by atoms with E-state index in [2.05, 4.69) is 0 Å². The van der Waals surface area contributed by atoms with Crippen LogP contribution in [0.1, 0.15) is 11.1 Å². The van der Waals surface area contributed by atoms with E-state index in [1.807, 2.05) is 24.3 Å². The molecule has 0 radical (unpaired) electrons. The Morgan fingerprint density at radius 1 is 1.29 bits per heavy atom. The largest absolute Gasteiger partial charge is 0.481 e. The SMILES string of the molecule is NC1Cc2ccccc2CC1C(=O)O.